The van der Waals surface area contributed by atoms with Crippen LogP contribution in [0.25, 0.3) is 0 Å². The van der Waals surface area contributed by atoms with Crippen LogP contribution in [0.1, 0.15) is 30.5 Å². The third kappa shape index (κ3) is 3.56. The standard InChI is InChI=1S/C17H19BrFNO/c1-4-15(12-7-5-6-8-17(12)21-3)20-16-10-13(18)14(19)9-11(16)2/h5-10,15,20H,4H2,1-3H3. The van der Waals surface area contributed by atoms with Gasteiger partial charge in [-0.15, -0.1) is 0 Å². The number of rotatable bonds is 5. The lowest BCUT2D eigenvalue weighted by Gasteiger charge is -2.22. The van der Waals surface area contributed by atoms with Crippen molar-refractivity contribution in [3.05, 3.63) is 57.8 Å². The number of methoxy groups -OCH3 is 1. The van der Waals surface area contributed by atoms with E-state index < -0.39 is 0 Å². The van der Waals surface area contributed by atoms with Crippen LogP contribution in [0.15, 0.2) is 40.9 Å². The first-order valence-electron chi connectivity index (χ1n) is 6.92. The molecule has 0 bridgehead atoms. The van der Waals surface area contributed by atoms with Crippen molar-refractivity contribution in [2.75, 3.05) is 12.4 Å². The minimum atomic E-state index is -0.247. The largest absolute Gasteiger partial charge is 0.496 e. The first kappa shape index (κ1) is 15.8. The number of hydrogen-bond donors (Lipinski definition) is 1. The highest BCUT2D eigenvalue weighted by molar-refractivity contribution is 9.10. The molecule has 0 aliphatic carbocycles. The molecule has 0 saturated carbocycles. The Labute approximate surface area is 133 Å². The van der Waals surface area contributed by atoms with E-state index in [0.717, 1.165) is 29.0 Å². The van der Waals surface area contributed by atoms with Crippen LogP contribution in [0.2, 0.25) is 0 Å². The molecule has 0 heterocycles. The molecule has 0 spiro atoms. The molecule has 0 aliphatic rings. The van der Waals surface area contributed by atoms with E-state index in [1.54, 1.807) is 13.2 Å². The monoisotopic (exact) mass is 351 g/mol. The fourth-order valence-electron chi connectivity index (χ4n) is 2.34. The summed E-state index contributed by atoms with van der Waals surface area (Å²) in [6.45, 7) is 4.00. The van der Waals surface area contributed by atoms with Crippen LogP contribution < -0.4 is 10.1 Å². The average Bonchev–Trinajstić information content (AvgIpc) is 2.49. The fourth-order valence-corrected chi connectivity index (χ4v) is 2.69. The van der Waals surface area contributed by atoms with Crippen LogP contribution in [0.3, 0.4) is 0 Å². The maximum absolute atomic E-state index is 13.5. The maximum Gasteiger partial charge on any atom is 0.137 e. The third-order valence-electron chi connectivity index (χ3n) is 3.52. The number of anilines is 1. The van der Waals surface area contributed by atoms with Crippen molar-refractivity contribution in [2.45, 2.75) is 26.3 Å². The molecular formula is C17H19BrFNO. The summed E-state index contributed by atoms with van der Waals surface area (Å²) < 4.78 is 19.4. The van der Waals surface area contributed by atoms with Crippen LogP contribution in [-0.2, 0) is 0 Å². The molecule has 4 heteroatoms. The minimum Gasteiger partial charge on any atom is -0.496 e. The van der Waals surface area contributed by atoms with Gasteiger partial charge in [-0.2, -0.15) is 0 Å². The number of aryl methyl sites for hydroxylation is 1. The maximum atomic E-state index is 13.5. The molecule has 0 aromatic heterocycles. The Hall–Kier alpha value is -1.55. The van der Waals surface area contributed by atoms with Gasteiger partial charge in [0.2, 0.25) is 0 Å². The normalized spacial score (nSPS) is 12.0. The molecule has 21 heavy (non-hydrogen) atoms. The van der Waals surface area contributed by atoms with Crippen molar-refractivity contribution >= 4 is 21.6 Å². The molecule has 2 nitrogen and oxygen atoms in total. The van der Waals surface area contributed by atoms with Gasteiger partial charge in [-0.1, -0.05) is 25.1 Å². The van der Waals surface area contributed by atoms with Crippen molar-refractivity contribution in [3.8, 4) is 5.75 Å². The second kappa shape index (κ2) is 6.94. The Balaban J connectivity index is 2.33. The van der Waals surface area contributed by atoms with Gasteiger partial charge in [0, 0.05) is 11.3 Å². The van der Waals surface area contributed by atoms with Gasteiger partial charge in [0.25, 0.3) is 0 Å². The molecule has 0 fully saturated rings. The van der Waals surface area contributed by atoms with E-state index in [1.807, 2.05) is 31.2 Å². The van der Waals surface area contributed by atoms with Gasteiger partial charge < -0.3 is 10.1 Å². The number of halogens is 2. The number of benzene rings is 2. The van der Waals surface area contributed by atoms with Gasteiger partial charge in [0.15, 0.2) is 0 Å². The summed E-state index contributed by atoms with van der Waals surface area (Å²) in [5.41, 5.74) is 2.90. The molecule has 112 valence electrons. The fraction of sp³-hybridized carbons (Fsp3) is 0.294. The van der Waals surface area contributed by atoms with Gasteiger partial charge in [-0.05, 0) is 53.0 Å². The summed E-state index contributed by atoms with van der Waals surface area (Å²) in [4.78, 5) is 0. The Morgan fingerprint density at radius 3 is 2.67 bits per heavy atom. The predicted octanol–water partition coefficient (Wildman–Crippen LogP) is 5.47. The summed E-state index contributed by atoms with van der Waals surface area (Å²) in [6.07, 6.45) is 0.898. The third-order valence-corrected chi connectivity index (χ3v) is 4.13. The predicted molar refractivity (Wildman–Crippen MR) is 88.5 cm³/mol. The highest BCUT2D eigenvalue weighted by Gasteiger charge is 2.15. The highest BCUT2D eigenvalue weighted by Crippen LogP contribution is 2.32. The molecule has 2 aromatic rings. The van der Waals surface area contributed by atoms with E-state index >= 15 is 0 Å². The molecule has 2 rings (SSSR count). The number of hydrogen-bond acceptors (Lipinski definition) is 2. The molecule has 2 aromatic carbocycles. The second-order valence-corrected chi connectivity index (χ2v) is 5.78. The summed E-state index contributed by atoms with van der Waals surface area (Å²) in [5, 5.41) is 3.48. The van der Waals surface area contributed by atoms with Gasteiger partial charge in [-0.3, -0.25) is 0 Å². The van der Waals surface area contributed by atoms with Crippen LogP contribution in [0.5, 0.6) is 5.75 Å². The molecule has 0 saturated heterocycles. The van der Waals surface area contributed by atoms with E-state index in [9.17, 15) is 4.39 Å². The molecule has 0 amide bonds. The number of nitrogens with one attached hydrogen (secondary N) is 1. The Morgan fingerprint density at radius 2 is 2.00 bits per heavy atom. The topological polar surface area (TPSA) is 21.3 Å². The van der Waals surface area contributed by atoms with Gasteiger partial charge >= 0.3 is 0 Å². The Kier molecular flexibility index (Phi) is 5.23. The van der Waals surface area contributed by atoms with Crippen LogP contribution >= 0.6 is 15.9 Å². The zero-order valence-corrected chi connectivity index (χ0v) is 14.0. The summed E-state index contributed by atoms with van der Waals surface area (Å²) in [5.74, 6) is 0.610. The van der Waals surface area contributed by atoms with Crippen LogP contribution in [0.4, 0.5) is 10.1 Å². The Bertz CT molecular complexity index is 630. The average molecular weight is 352 g/mol. The SMILES string of the molecule is CCC(Nc1cc(Br)c(F)cc1C)c1ccccc1OC. The van der Waals surface area contributed by atoms with Crippen molar-refractivity contribution in [1.29, 1.82) is 0 Å². The lowest BCUT2D eigenvalue weighted by molar-refractivity contribution is 0.406. The Morgan fingerprint density at radius 1 is 1.29 bits per heavy atom. The first-order chi connectivity index (χ1) is 10.1. The van der Waals surface area contributed by atoms with E-state index in [0.29, 0.717) is 4.47 Å². The molecule has 1 atom stereocenters. The van der Waals surface area contributed by atoms with Gasteiger partial charge in [0.1, 0.15) is 11.6 Å². The number of para-hydroxylation sites is 1. The smallest absolute Gasteiger partial charge is 0.137 e. The molecular weight excluding hydrogens is 333 g/mol. The lowest BCUT2D eigenvalue weighted by atomic mass is 10.0. The van der Waals surface area contributed by atoms with E-state index in [-0.39, 0.29) is 11.9 Å². The summed E-state index contributed by atoms with van der Waals surface area (Å²) in [7, 11) is 1.67. The van der Waals surface area contributed by atoms with Gasteiger partial charge in [-0.25, -0.2) is 4.39 Å². The summed E-state index contributed by atoms with van der Waals surface area (Å²) in [6, 6.07) is 11.4. The van der Waals surface area contributed by atoms with E-state index in [2.05, 4.69) is 28.2 Å². The van der Waals surface area contributed by atoms with Crippen molar-refractivity contribution in [2.24, 2.45) is 0 Å². The number of ether oxygens (including phenoxy) is 1. The van der Waals surface area contributed by atoms with Crippen LogP contribution in [0, 0.1) is 12.7 Å². The zero-order valence-electron chi connectivity index (χ0n) is 12.4. The molecule has 0 aliphatic heterocycles. The van der Waals surface area contributed by atoms with Crippen molar-refractivity contribution in [1.82, 2.24) is 0 Å². The van der Waals surface area contributed by atoms with Crippen molar-refractivity contribution in [3.63, 3.8) is 0 Å². The molecule has 1 unspecified atom stereocenters. The second-order valence-electron chi connectivity index (χ2n) is 4.93. The van der Waals surface area contributed by atoms with Gasteiger partial charge in [0.05, 0.1) is 17.6 Å². The zero-order chi connectivity index (χ0) is 15.4. The quantitative estimate of drug-likeness (QED) is 0.771. The van der Waals surface area contributed by atoms with E-state index in [4.69, 9.17) is 4.74 Å². The van der Waals surface area contributed by atoms with Crippen LogP contribution in [-0.4, -0.2) is 7.11 Å². The van der Waals surface area contributed by atoms with E-state index in [1.165, 1.54) is 6.07 Å². The minimum absolute atomic E-state index is 0.109. The molecule has 1 N–H and O–H groups in total. The lowest BCUT2D eigenvalue weighted by Crippen LogP contribution is -2.12. The molecule has 0 radical (unpaired) electrons. The highest BCUT2D eigenvalue weighted by atomic mass is 79.9. The summed E-state index contributed by atoms with van der Waals surface area (Å²) >= 11 is 3.24. The first-order valence-corrected chi connectivity index (χ1v) is 7.71. The van der Waals surface area contributed by atoms with Crippen molar-refractivity contribution < 1.29 is 9.13 Å².